The molecule has 0 aliphatic carbocycles. The van der Waals surface area contributed by atoms with Gasteiger partial charge in [-0.05, 0) is 37.0 Å². The van der Waals surface area contributed by atoms with Gasteiger partial charge in [-0.3, -0.25) is 4.79 Å². The lowest BCUT2D eigenvalue weighted by atomic mass is 10.1. The van der Waals surface area contributed by atoms with Gasteiger partial charge in [0, 0.05) is 6.54 Å². The van der Waals surface area contributed by atoms with Gasteiger partial charge in [0.15, 0.2) is 0 Å². The number of hydrogen-bond donors (Lipinski definition) is 1. The van der Waals surface area contributed by atoms with E-state index in [1.54, 1.807) is 6.07 Å². The van der Waals surface area contributed by atoms with Gasteiger partial charge in [-0.1, -0.05) is 18.2 Å². The first-order chi connectivity index (χ1) is 8.81. The molecule has 1 heterocycles. The summed E-state index contributed by atoms with van der Waals surface area (Å²) in [7, 11) is -3.55. The van der Waals surface area contributed by atoms with E-state index in [1.807, 2.05) is 26.0 Å². The maximum Gasteiger partial charge on any atom is 0.322 e. The third kappa shape index (κ3) is 2.79. The highest BCUT2D eigenvalue weighted by Gasteiger charge is 2.41. The zero-order chi connectivity index (χ0) is 14.2. The maximum absolute atomic E-state index is 12.2. The minimum Gasteiger partial charge on any atom is -0.480 e. The van der Waals surface area contributed by atoms with Crippen molar-refractivity contribution in [1.29, 1.82) is 0 Å². The molecular weight excluding hydrogens is 266 g/mol. The molecule has 5 nitrogen and oxygen atoms in total. The number of carboxylic acids is 1. The fourth-order valence-corrected chi connectivity index (χ4v) is 3.86. The number of hydrogen-bond acceptors (Lipinski definition) is 3. The Balaban J connectivity index is 2.17. The summed E-state index contributed by atoms with van der Waals surface area (Å²) in [6.07, 6.45) is 0.390. The molecule has 0 amide bonds. The number of rotatable bonds is 4. The lowest BCUT2D eigenvalue weighted by Gasteiger charge is -2.36. The molecule has 1 N–H and O–H groups in total. The molecule has 19 heavy (non-hydrogen) atoms. The smallest absolute Gasteiger partial charge is 0.322 e. The summed E-state index contributed by atoms with van der Waals surface area (Å²) in [5.41, 5.74) is 2.83. The van der Waals surface area contributed by atoms with Crippen LogP contribution >= 0.6 is 0 Å². The van der Waals surface area contributed by atoms with Gasteiger partial charge in [-0.15, -0.1) is 0 Å². The van der Waals surface area contributed by atoms with E-state index in [2.05, 4.69) is 0 Å². The Kier molecular flexibility index (Phi) is 3.64. The minimum atomic E-state index is -3.55. The molecule has 0 aromatic heterocycles. The third-order valence-corrected chi connectivity index (χ3v) is 5.38. The maximum atomic E-state index is 12.2. The molecule has 0 spiro atoms. The zero-order valence-electron chi connectivity index (χ0n) is 11.0. The molecule has 1 fully saturated rings. The van der Waals surface area contributed by atoms with Crippen molar-refractivity contribution in [3.8, 4) is 0 Å². The topological polar surface area (TPSA) is 74.7 Å². The molecule has 2 rings (SSSR count). The second-order valence-corrected chi connectivity index (χ2v) is 6.85. The number of aliphatic carboxylic acids is 1. The summed E-state index contributed by atoms with van der Waals surface area (Å²) in [6, 6.07) is 4.60. The first kappa shape index (κ1) is 14.0. The van der Waals surface area contributed by atoms with E-state index in [9.17, 15) is 13.2 Å². The second-order valence-electron chi connectivity index (χ2n) is 4.93. The molecule has 1 atom stereocenters. The average Bonchev–Trinajstić information content (AvgIpc) is 2.19. The van der Waals surface area contributed by atoms with Gasteiger partial charge in [0.2, 0.25) is 10.0 Å². The molecule has 1 unspecified atom stereocenters. The molecule has 1 aromatic carbocycles. The first-order valence-electron chi connectivity index (χ1n) is 6.10. The standard InChI is InChI=1S/C13H17NO4S/c1-9-3-4-11(7-10(9)2)8-19(17,18)14-6-5-12(14)13(15)16/h3-4,7,12H,5-6,8H2,1-2H3,(H,15,16). The van der Waals surface area contributed by atoms with Crippen LogP contribution in [0.25, 0.3) is 0 Å². The summed E-state index contributed by atoms with van der Waals surface area (Å²) in [4.78, 5) is 10.9. The van der Waals surface area contributed by atoms with E-state index in [0.29, 0.717) is 18.5 Å². The Morgan fingerprint density at radius 2 is 2.05 bits per heavy atom. The van der Waals surface area contributed by atoms with Crippen molar-refractivity contribution < 1.29 is 18.3 Å². The molecule has 0 saturated carbocycles. The van der Waals surface area contributed by atoms with Gasteiger partial charge in [-0.2, -0.15) is 4.31 Å². The number of sulfonamides is 1. The fourth-order valence-electron chi connectivity index (χ4n) is 2.13. The Morgan fingerprint density at radius 3 is 2.53 bits per heavy atom. The van der Waals surface area contributed by atoms with Gasteiger partial charge >= 0.3 is 5.97 Å². The summed E-state index contributed by atoms with van der Waals surface area (Å²) in [5.74, 6) is -1.22. The second kappa shape index (κ2) is 4.94. The summed E-state index contributed by atoms with van der Waals surface area (Å²) in [5, 5.41) is 8.91. The summed E-state index contributed by atoms with van der Waals surface area (Å²) < 4.78 is 25.4. The summed E-state index contributed by atoms with van der Waals surface area (Å²) >= 11 is 0. The van der Waals surface area contributed by atoms with Crippen LogP contribution in [0.5, 0.6) is 0 Å². The number of benzene rings is 1. The van der Waals surface area contributed by atoms with Gasteiger partial charge in [0.25, 0.3) is 0 Å². The molecule has 6 heteroatoms. The Hall–Kier alpha value is -1.40. The van der Waals surface area contributed by atoms with Crippen LogP contribution in [-0.2, 0) is 20.6 Å². The number of carbonyl (C=O) groups is 1. The highest BCUT2D eigenvalue weighted by atomic mass is 32.2. The van der Waals surface area contributed by atoms with Gasteiger partial charge in [0.1, 0.15) is 6.04 Å². The van der Waals surface area contributed by atoms with Crippen LogP contribution in [0.4, 0.5) is 0 Å². The Morgan fingerprint density at radius 1 is 1.37 bits per heavy atom. The molecule has 0 radical (unpaired) electrons. The fraction of sp³-hybridized carbons (Fsp3) is 0.462. The molecule has 1 aliphatic heterocycles. The minimum absolute atomic E-state index is 0.141. The van der Waals surface area contributed by atoms with E-state index in [0.717, 1.165) is 15.4 Å². The van der Waals surface area contributed by atoms with Crippen LogP contribution in [0.2, 0.25) is 0 Å². The van der Waals surface area contributed by atoms with E-state index in [-0.39, 0.29) is 5.75 Å². The van der Waals surface area contributed by atoms with Crippen molar-refractivity contribution in [1.82, 2.24) is 4.31 Å². The highest BCUT2D eigenvalue weighted by molar-refractivity contribution is 7.88. The normalized spacial score (nSPS) is 20.0. The number of aryl methyl sites for hydroxylation is 2. The van der Waals surface area contributed by atoms with Gasteiger partial charge in [-0.25, -0.2) is 8.42 Å². The van der Waals surface area contributed by atoms with Crippen LogP contribution < -0.4 is 0 Å². The van der Waals surface area contributed by atoms with E-state index in [4.69, 9.17) is 5.11 Å². The van der Waals surface area contributed by atoms with Gasteiger partial charge < -0.3 is 5.11 Å². The zero-order valence-corrected chi connectivity index (χ0v) is 11.8. The van der Waals surface area contributed by atoms with Crippen molar-refractivity contribution in [2.75, 3.05) is 6.54 Å². The van der Waals surface area contributed by atoms with Gasteiger partial charge in [0.05, 0.1) is 5.75 Å². The van der Waals surface area contributed by atoms with Crippen LogP contribution in [0.15, 0.2) is 18.2 Å². The van der Waals surface area contributed by atoms with Crippen molar-refractivity contribution in [3.05, 3.63) is 34.9 Å². The summed E-state index contributed by atoms with van der Waals surface area (Å²) in [6.45, 7) is 4.18. The molecule has 1 saturated heterocycles. The lowest BCUT2D eigenvalue weighted by Crippen LogP contribution is -2.55. The van der Waals surface area contributed by atoms with E-state index >= 15 is 0 Å². The quantitative estimate of drug-likeness (QED) is 0.903. The first-order valence-corrected chi connectivity index (χ1v) is 7.70. The third-order valence-electron chi connectivity index (χ3n) is 3.53. The molecule has 1 aliphatic rings. The van der Waals surface area contributed by atoms with Crippen molar-refractivity contribution in [2.45, 2.75) is 32.1 Å². The number of carboxylic acid groups (broad SMARTS) is 1. The highest BCUT2D eigenvalue weighted by Crippen LogP contribution is 2.25. The average molecular weight is 283 g/mol. The number of nitrogens with zero attached hydrogens (tertiary/aromatic N) is 1. The largest absolute Gasteiger partial charge is 0.480 e. The molecule has 104 valence electrons. The van der Waals surface area contributed by atoms with Crippen LogP contribution in [0.1, 0.15) is 23.1 Å². The van der Waals surface area contributed by atoms with Crippen molar-refractivity contribution >= 4 is 16.0 Å². The van der Waals surface area contributed by atoms with Crippen molar-refractivity contribution in [2.24, 2.45) is 0 Å². The molecule has 1 aromatic rings. The Bertz CT molecular complexity index is 609. The van der Waals surface area contributed by atoms with Crippen LogP contribution in [0, 0.1) is 13.8 Å². The predicted octanol–water partition coefficient (Wildman–Crippen LogP) is 1.29. The van der Waals surface area contributed by atoms with Crippen molar-refractivity contribution in [3.63, 3.8) is 0 Å². The lowest BCUT2D eigenvalue weighted by molar-refractivity contribution is -0.144. The SMILES string of the molecule is Cc1ccc(CS(=O)(=O)N2CCC2C(=O)O)cc1C. The van der Waals surface area contributed by atoms with E-state index < -0.39 is 22.0 Å². The van der Waals surface area contributed by atoms with Crippen LogP contribution in [0.3, 0.4) is 0 Å². The molecule has 0 bridgehead atoms. The van der Waals surface area contributed by atoms with E-state index in [1.165, 1.54) is 0 Å². The monoisotopic (exact) mass is 283 g/mol. The Labute approximate surface area is 112 Å². The predicted molar refractivity (Wildman–Crippen MR) is 71.3 cm³/mol. The van der Waals surface area contributed by atoms with Crippen LogP contribution in [-0.4, -0.2) is 36.4 Å². The molecular formula is C13H17NO4S.